The maximum atomic E-state index is 13.9. The Balaban J connectivity index is 1.69. The average molecular weight is 435 g/mol. The maximum Gasteiger partial charge on any atom is 0.259 e. The van der Waals surface area contributed by atoms with Crippen LogP contribution in [0.25, 0.3) is 21.6 Å². The molecule has 5 rings (SSSR count). The Morgan fingerprint density at radius 3 is 2.83 bits per heavy atom. The predicted molar refractivity (Wildman–Crippen MR) is 125 cm³/mol. The van der Waals surface area contributed by atoms with Crippen LogP contribution < -0.4 is 4.90 Å². The molecule has 3 aromatic heterocycles. The number of carbonyl (C=O) groups excluding carboxylic acids is 1. The molecule has 0 aliphatic carbocycles. The quantitative estimate of drug-likeness (QED) is 0.404. The molecule has 5 nitrogen and oxygen atoms in total. The summed E-state index contributed by atoms with van der Waals surface area (Å²) in [5, 5.41) is 7.39. The molecule has 0 unspecified atom stereocenters. The van der Waals surface area contributed by atoms with Gasteiger partial charge < -0.3 is 4.90 Å². The maximum absolute atomic E-state index is 13.9. The zero-order valence-corrected chi connectivity index (χ0v) is 18.5. The third-order valence-corrected chi connectivity index (χ3v) is 7.29. The second-order valence-electron chi connectivity index (χ2n) is 7.58. The van der Waals surface area contributed by atoms with E-state index in [1.807, 2.05) is 63.1 Å². The van der Waals surface area contributed by atoms with Gasteiger partial charge in [0.15, 0.2) is 5.65 Å². The molecular weight excluding hydrogens is 412 g/mol. The molecule has 7 heteroatoms. The van der Waals surface area contributed by atoms with Crippen LogP contribution in [0.2, 0.25) is 0 Å². The van der Waals surface area contributed by atoms with Crippen molar-refractivity contribution in [2.45, 2.75) is 31.2 Å². The average Bonchev–Trinajstić information content (AvgIpc) is 3.38. The van der Waals surface area contributed by atoms with Gasteiger partial charge in [-0.05, 0) is 55.7 Å². The van der Waals surface area contributed by atoms with Gasteiger partial charge in [0.2, 0.25) is 0 Å². The summed E-state index contributed by atoms with van der Waals surface area (Å²) in [5.41, 5.74) is 3.23. The van der Waals surface area contributed by atoms with Crippen molar-refractivity contribution in [3.63, 3.8) is 0 Å². The second-order valence-corrected chi connectivity index (χ2v) is 9.66. The molecule has 152 valence electrons. The van der Waals surface area contributed by atoms with Gasteiger partial charge in [-0.1, -0.05) is 18.2 Å². The van der Waals surface area contributed by atoms with Gasteiger partial charge in [0.1, 0.15) is 0 Å². The van der Waals surface area contributed by atoms with Gasteiger partial charge in [-0.25, -0.2) is 9.67 Å². The van der Waals surface area contributed by atoms with Crippen molar-refractivity contribution < 1.29 is 4.79 Å². The first-order valence-corrected chi connectivity index (χ1v) is 12.0. The number of pyridine rings is 1. The molecule has 1 aliphatic rings. The largest absolute Gasteiger partial charge is 0.307 e. The van der Waals surface area contributed by atoms with Crippen molar-refractivity contribution >= 4 is 45.7 Å². The predicted octanol–water partition coefficient (Wildman–Crippen LogP) is 5.88. The first-order chi connectivity index (χ1) is 14.6. The topological polar surface area (TPSA) is 51.0 Å². The van der Waals surface area contributed by atoms with Crippen LogP contribution in [0.3, 0.4) is 0 Å². The van der Waals surface area contributed by atoms with Crippen LogP contribution in [0.15, 0.2) is 58.9 Å². The number of hydrogen-bond donors (Lipinski definition) is 0. The van der Waals surface area contributed by atoms with Crippen LogP contribution in [-0.4, -0.2) is 33.0 Å². The minimum absolute atomic E-state index is 0.0125. The SMILES string of the molecule is CC(C)n1ncc2c(C(=O)N3CCCSc4ccccc43)cc(-c3cccs3)nc21. The van der Waals surface area contributed by atoms with E-state index >= 15 is 0 Å². The van der Waals surface area contributed by atoms with E-state index in [1.54, 1.807) is 17.5 Å². The molecule has 30 heavy (non-hydrogen) atoms. The number of thiophene rings is 1. The lowest BCUT2D eigenvalue weighted by Crippen LogP contribution is -2.32. The minimum atomic E-state index is 0.0125. The summed E-state index contributed by atoms with van der Waals surface area (Å²) in [6, 6.07) is 14.3. The van der Waals surface area contributed by atoms with E-state index in [4.69, 9.17) is 4.98 Å². The van der Waals surface area contributed by atoms with Gasteiger partial charge in [-0.15, -0.1) is 23.1 Å². The highest BCUT2D eigenvalue weighted by atomic mass is 32.2. The highest BCUT2D eigenvalue weighted by Crippen LogP contribution is 2.36. The molecule has 0 radical (unpaired) electrons. The van der Waals surface area contributed by atoms with Crippen molar-refractivity contribution in [2.24, 2.45) is 0 Å². The first-order valence-electron chi connectivity index (χ1n) is 10.1. The molecule has 1 aromatic carbocycles. The van der Waals surface area contributed by atoms with Crippen molar-refractivity contribution in [2.75, 3.05) is 17.2 Å². The van der Waals surface area contributed by atoms with Crippen LogP contribution >= 0.6 is 23.1 Å². The monoisotopic (exact) mass is 434 g/mol. The summed E-state index contributed by atoms with van der Waals surface area (Å²) in [5.74, 6) is 1.02. The number of nitrogens with zero attached hydrogens (tertiary/aromatic N) is 4. The minimum Gasteiger partial charge on any atom is -0.307 e. The summed E-state index contributed by atoms with van der Waals surface area (Å²) in [7, 11) is 0. The Kier molecular flexibility index (Phi) is 5.08. The highest BCUT2D eigenvalue weighted by molar-refractivity contribution is 7.99. The standard InChI is InChI=1S/C23H22N4OS2/c1-15(2)27-22-17(14-24-27)16(13-18(25-22)20-9-5-11-29-20)23(28)26-10-6-12-30-21-8-4-3-7-19(21)26/h3-5,7-9,11,13-15H,6,10,12H2,1-2H3. The molecule has 1 aliphatic heterocycles. The fourth-order valence-electron chi connectivity index (χ4n) is 3.81. The molecule has 0 N–H and O–H groups in total. The van der Waals surface area contributed by atoms with Gasteiger partial charge in [0.05, 0.1) is 33.4 Å². The Hall–Kier alpha value is -2.64. The molecule has 1 amide bonds. The van der Waals surface area contributed by atoms with E-state index in [-0.39, 0.29) is 11.9 Å². The fraction of sp³-hybridized carbons (Fsp3) is 0.261. The smallest absolute Gasteiger partial charge is 0.259 e. The number of thioether (sulfide) groups is 1. The number of rotatable bonds is 3. The zero-order valence-electron chi connectivity index (χ0n) is 16.9. The number of amides is 1. The van der Waals surface area contributed by atoms with Crippen LogP contribution in [0, 0.1) is 0 Å². The van der Waals surface area contributed by atoms with E-state index in [2.05, 4.69) is 25.0 Å². The second kappa shape index (κ2) is 7.89. The van der Waals surface area contributed by atoms with E-state index in [0.717, 1.165) is 44.4 Å². The summed E-state index contributed by atoms with van der Waals surface area (Å²) in [4.78, 5) is 22.9. The number of fused-ring (bicyclic) bond motifs is 2. The van der Waals surface area contributed by atoms with Gasteiger partial charge >= 0.3 is 0 Å². The summed E-state index contributed by atoms with van der Waals surface area (Å²) in [6.45, 7) is 4.87. The van der Waals surface area contributed by atoms with Crippen LogP contribution in [-0.2, 0) is 0 Å². The van der Waals surface area contributed by atoms with Gasteiger partial charge in [-0.3, -0.25) is 4.79 Å². The van der Waals surface area contributed by atoms with Gasteiger partial charge in [0, 0.05) is 17.5 Å². The van der Waals surface area contributed by atoms with E-state index in [9.17, 15) is 4.79 Å². The summed E-state index contributed by atoms with van der Waals surface area (Å²) in [6.07, 6.45) is 2.74. The Morgan fingerprint density at radius 2 is 2.03 bits per heavy atom. The molecule has 0 fully saturated rings. The number of hydrogen-bond acceptors (Lipinski definition) is 5. The Bertz CT molecular complexity index is 1210. The van der Waals surface area contributed by atoms with E-state index < -0.39 is 0 Å². The number of carbonyl (C=O) groups is 1. The highest BCUT2D eigenvalue weighted by Gasteiger charge is 2.26. The van der Waals surface area contributed by atoms with Gasteiger partial charge in [-0.2, -0.15) is 5.10 Å². The molecular formula is C23H22N4OS2. The lowest BCUT2D eigenvalue weighted by atomic mass is 10.1. The lowest BCUT2D eigenvalue weighted by Gasteiger charge is -2.23. The zero-order chi connectivity index (χ0) is 20.7. The van der Waals surface area contributed by atoms with Crippen molar-refractivity contribution in [3.05, 3.63) is 59.6 Å². The first kappa shape index (κ1) is 19.3. The molecule has 0 spiro atoms. The van der Waals surface area contributed by atoms with Crippen molar-refractivity contribution in [3.8, 4) is 10.6 Å². The molecule has 0 bridgehead atoms. The number of aromatic nitrogens is 3. The van der Waals surface area contributed by atoms with Crippen LogP contribution in [0.4, 0.5) is 5.69 Å². The summed E-state index contributed by atoms with van der Waals surface area (Å²) < 4.78 is 1.90. The Labute approximate surface area is 183 Å². The van der Waals surface area contributed by atoms with E-state index in [0.29, 0.717) is 12.1 Å². The molecule has 0 atom stereocenters. The summed E-state index contributed by atoms with van der Waals surface area (Å²) >= 11 is 3.45. The number of anilines is 1. The van der Waals surface area contributed by atoms with Crippen LogP contribution in [0.5, 0.6) is 0 Å². The van der Waals surface area contributed by atoms with Crippen molar-refractivity contribution in [1.82, 2.24) is 14.8 Å². The molecule has 4 aromatic rings. The van der Waals surface area contributed by atoms with Gasteiger partial charge in [0.25, 0.3) is 5.91 Å². The molecule has 0 saturated heterocycles. The van der Waals surface area contributed by atoms with Crippen molar-refractivity contribution in [1.29, 1.82) is 0 Å². The third-order valence-electron chi connectivity index (χ3n) is 5.24. The normalized spacial score (nSPS) is 14.2. The molecule has 0 saturated carbocycles. The number of para-hydroxylation sites is 1. The Morgan fingerprint density at radius 1 is 1.17 bits per heavy atom. The third kappa shape index (κ3) is 3.32. The fourth-order valence-corrected chi connectivity index (χ4v) is 5.49. The number of benzene rings is 1. The van der Waals surface area contributed by atoms with Crippen LogP contribution in [0.1, 0.15) is 36.7 Å². The molecule has 4 heterocycles. The lowest BCUT2D eigenvalue weighted by molar-refractivity contribution is 0.0988. The van der Waals surface area contributed by atoms with E-state index in [1.165, 1.54) is 0 Å².